The Bertz CT molecular complexity index is 683. The molecule has 8 heteroatoms. The van der Waals surface area contributed by atoms with Gasteiger partial charge >= 0.3 is 0 Å². The first-order chi connectivity index (χ1) is 11.7. The minimum atomic E-state index is -0.606. The van der Waals surface area contributed by atoms with Gasteiger partial charge < -0.3 is 16.4 Å². The molecule has 4 N–H and O–H groups in total. The summed E-state index contributed by atoms with van der Waals surface area (Å²) in [6.45, 7) is 0.934. The molecule has 1 fully saturated rings. The van der Waals surface area contributed by atoms with Crippen LogP contribution in [0.25, 0.3) is 0 Å². The number of nitrogens with two attached hydrogens (primary N) is 1. The summed E-state index contributed by atoms with van der Waals surface area (Å²) in [4.78, 5) is 27.4. The smallest absolute Gasteiger partial charge is 0.268 e. The van der Waals surface area contributed by atoms with Gasteiger partial charge in [-0.2, -0.15) is 0 Å². The largest absolute Gasteiger partial charge is 0.370 e. The SMILES string of the molecule is NC(=O)c1cnc(Nc2cc(NCC3CCCCC3)ncn2)cn1. The third-order valence-corrected chi connectivity index (χ3v) is 4.12. The fourth-order valence-corrected chi connectivity index (χ4v) is 2.81. The molecule has 24 heavy (non-hydrogen) atoms. The van der Waals surface area contributed by atoms with Crippen LogP contribution in [0, 0.1) is 5.92 Å². The van der Waals surface area contributed by atoms with E-state index in [0.29, 0.717) is 11.6 Å². The van der Waals surface area contributed by atoms with Gasteiger partial charge in [-0.05, 0) is 18.8 Å². The molecule has 2 aromatic rings. The summed E-state index contributed by atoms with van der Waals surface area (Å²) in [7, 11) is 0. The molecule has 0 unspecified atom stereocenters. The topological polar surface area (TPSA) is 119 Å². The molecule has 3 rings (SSSR count). The average molecular weight is 327 g/mol. The van der Waals surface area contributed by atoms with Crippen molar-refractivity contribution in [1.82, 2.24) is 19.9 Å². The van der Waals surface area contributed by atoms with Crippen LogP contribution in [0.1, 0.15) is 42.6 Å². The Morgan fingerprint density at radius 2 is 1.83 bits per heavy atom. The van der Waals surface area contributed by atoms with Crippen molar-refractivity contribution in [3.8, 4) is 0 Å². The van der Waals surface area contributed by atoms with Gasteiger partial charge in [-0.25, -0.2) is 19.9 Å². The zero-order chi connectivity index (χ0) is 16.8. The number of amides is 1. The van der Waals surface area contributed by atoms with Crippen LogP contribution in [0.3, 0.4) is 0 Å². The van der Waals surface area contributed by atoms with Gasteiger partial charge in [-0.15, -0.1) is 0 Å². The summed E-state index contributed by atoms with van der Waals surface area (Å²) in [5, 5.41) is 6.41. The van der Waals surface area contributed by atoms with Gasteiger partial charge in [-0.3, -0.25) is 4.79 Å². The maximum atomic E-state index is 11.0. The summed E-state index contributed by atoms with van der Waals surface area (Å²) in [6, 6.07) is 1.83. The lowest BCUT2D eigenvalue weighted by Gasteiger charge is -2.22. The predicted molar refractivity (Wildman–Crippen MR) is 90.9 cm³/mol. The number of nitrogens with one attached hydrogen (secondary N) is 2. The van der Waals surface area contributed by atoms with E-state index in [0.717, 1.165) is 18.3 Å². The number of primary amides is 1. The quantitative estimate of drug-likeness (QED) is 0.743. The van der Waals surface area contributed by atoms with Crippen LogP contribution in [0.4, 0.5) is 17.5 Å². The lowest BCUT2D eigenvalue weighted by atomic mass is 9.89. The fraction of sp³-hybridized carbons (Fsp3) is 0.438. The van der Waals surface area contributed by atoms with E-state index in [1.165, 1.54) is 50.8 Å². The minimum Gasteiger partial charge on any atom is -0.370 e. The highest BCUT2D eigenvalue weighted by molar-refractivity contribution is 5.90. The van der Waals surface area contributed by atoms with Crippen LogP contribution < -0.4 is 16.4 Å². The molecule has 0 aromatic carbocycles. The Morgan fingerprint density at radius 1 is 1.04 bits per heavy atom. The minimum absolute atomic E-state index is 0.123. The van der Waals surface area contributed by atoms with Gasteiger partial charge in [0.2, 0.25) is 0 Å². The van der Waals surface area contributed by atoms with E-state index in [-0.39, 0.29) is 5.69 Å². The second-order valence-corrected chi connectivity index (χ2v) is 5.95. The van der Waals surface area contributed by atoms with E-state index < -0.39 is 5.91 Å². The second kappa shape index (κ2) is 7.67. The summed E-state index contributed by atoms with van der Waals surface area (Å²) in [5.74, 6) is 1.98. The zero-order valence-corrected chi connectivity index (χ0v) is 13.4. The molecule has 2 heterocycles. The third-order valence-electron chi connectivity index (χ3n) is 4.12. The van der Waals surface area contributed by atoms with Crippen molar-refractivity contribution in [2.75, 3.05) is 17.2 Å². The third kappa shape index (κ3) is 4.37. The molecule has 1 amide bonds. The Labute approximate surface area is 140 Å². The van der Waals surface area contributed by atoms with Crippen molar-refractivity contribution in [3.05, 3.63) is 30.5 Å². The lowest BCUT2D eigenvalue weighted by Crippen LogP contribution is -2.17. The van der Waals surface area contributed by atoms with Gasteiger partial charge in [0.25, 0.3) is 5.91 Å². The normalized spacial score (nSPS) is 15.0. The monoisotopic (exact) mass is 327 g/mol. The average Bonchev–Trinajstić information content (AvgIpc) is 2.62. The molecule has 2 aromatic heterocycles. The first-order valence-corrected chi connectivity index (χ1v) is 8.15. The molecule has 0 radical (unpaired) electrons. The summed E-state index contributed by atoms with van der Waals surface area (Å²) < 4.78 is 0. The standard InChI is InChI=1S/C16H21N7O/c17-16(24)12-8-20-15(9-18-12)23-14-6-13(21-10-22-14)19-7-11-4-2-1-3-5-11/h6,8-11H,1-5,7H2,(H2,17,24)(H2,19,20,21,22,23). The molecular weight excluding hydrogens is 306 g/mol. The molecule has 0 atom stereocenters. The number of rotatable bonds is 6. The van der Waals surface area contributed by atoms with Crippen molar-refractivity contribution in [2.45, 2.75) is 32.1 Å². The Kier molecular flexibility index (Phi) is 5.15. The fourth-order valence-electron chi connectivity index (χ4n) is 2.81. The van der Waals surface area contributed by atoms with Crippen LogP contribution in [0.2, 0.25) is 0 Å². The van der Waals surface area contributed by atoms with Crippen LogP contribution in [-0.4, -0.2) is 32.4 Å². The molecular formula is C16H21N7O. The highest BCUT2D eigenvalue weighted by atomic mass is 16.1. The number of carbonyl (C=O) groups excluding carboxylic acids is 1. The summed E-state index contributed by atoms with van der Waals surface area (Å²) in [6.07, 6.45) is 10.8. The van der Waals surface area contributed by atoms with Crippen molar-refractivity contribution in [1.29, 1.82) is 0 Å². The maximum Gasteiger partial charge on any atom is 0.268 e. The second-order valence-electron chi connectivity index (χ2n) is 5.95. The highest BCUT2D eigenvalue weighted by Crippen LogP contribution is 2.24. The summed E-state index contributed by atoms with van der Waals surface area (Å²) >= 11 is 0. The number of aromatic nitrogens is 4. The molecule has 1 saturated carbocycles. The van der Waals surface area contributed by atoms with Crippen molar-refractivity contribution >= 4 is 23.4 Å². The number of hydrogen-bond donors (Lipinski definition) is 3. The number of nitrogens with zero attached hydrogens (tertiary/aromatic N) is 4. The molecule has 1 aliphatic rings. The number of carbonyl (C=O) groups is 1. The van der Waals surface area contributed by atoms with E-state index in [4.69, 9.17) is 5.73 Å². The van der Waals surface area contributed by atoms with E-state index in [2.05, 4.69) is 30.6 Å². The lowest BCUT2D eigenvalue weighted by molar-refractivity contribution is 0.0995. The predicted octanol–water partition coefficient (Wildman–Crippen LogP) is 2.10. The van der Waals surface area contributed by atoms with E-state index >= 15 is 0 Å². The van der Waals surface area contributed by atoms with Crippen molar-refractivity contribution in [2.24, 2.45) is 11.7 Å². The molecule has 0 aliphatic heterocycles. The molecule has 126 valence electrons. The Hall–Kier alpha value is -2.77. The van der Waals surface area contributed by atoms with Crippen LogP contribution in [0.5, 0.6) is 0 Å². The molecule has 0 bridgehead atoms. The van der Waals surface area contributed by atoms with E-state index in [1.54, 1.807) is 0 Å². The zero-order valence-electron chi connectivity index (χ0n) is 13.4. The van der Waals surface area contributed by atoms with Crippen molar-refractivity contribution < 1.29 is 4.79 Å². The summed E-state index contributed by atoms with van der Waals surface area (Å²) in [5.41, 5.74) is 5.26. The van der Waals surface area contributed by atoms with Gasteiger partial charge in [-0.1, -0.05) is 19.3 Å². The van der Waals surface area contributed by atoms with Crippen molar-refractivity contribution in [3.63, 3.8) is 0 Å². The molecule has 8 nitrogen and oxygen atoms in total. The number of anilines is 3. The molecule has 0 spiro atoms. The maximum absolute atomic E-state index is 11.0. The highest BCUT2D eigenvalue weighted by Gasteiger charge is 2.13. The van der Waals surface area contributed by atoms with Crippen LogP contribution >= 0.6 is 0 Å². The van der Waals surface area contributed by atoms with Crippen LogP contribution in [0.15, 0.2) is 24.8 Å². The first-order valence-electron chi connectivity index (χ1n) is 8.15. The Morgan fingerprint density at radius 3 is 2.54 bits per heavy atom. The van der Waals surface area contributed by atoms with E-state index in [1.807, 2.05) is 6.07 Å². The Balaban J connectivity index is 1.59. The number of hydrogen-bond acceptors (Lipinski definition) is 7. The van der Waals surface area contributed by atoms with Crippen LogP contribution in [-0.2, 0) is 0 Å². The van der Waals surface area contributed by atoms with Gasteiger partial charge in [0.15, 0.2) is 0 Å². The molecule has 0 saturated heterocycles. The van der Waals surface area contributed by atoms with E-state index in [9.17, 15) is 4.79 Å². The first kappa shape index (κ1) is 16.1. The van der Waals surface area contributed by atoms with Gasteiger partial charge in [0.05, 0.1) is 12.4 Å². The molecule has 1 aliphatic carbocycles. The van der Waals surface area contributed by atoms with Gasteiger partial charge in [0, 0.05) is 12.6 Å². The van der Waals surface area contributed by atoms with Gasteiger partial charge in [0.1, 0.15) is 29.5 Å².